The number of piperazine rings is 1. The normalized spacial score (nSPS) is 25.6. The highest BCUT2D eigenvalue weighted by Gasteiger charge is 2.30. The lowest BCUT2D eigenvalue weighted by Crippen LogP contribution is -2.57. The number of halogens is 1. The van der Waals surface area contributed by atoms with Crippen molar-refractivity contribution >= 4 is 11.6 Å². The first-order valence-corrected chi connectivity index (χ1v) is 8.24. The van der Waals surface area contributed by atoms with Gasteiger partial charge in [0.2, 0.25) is 0 Å². The van der Waals surface area contributed by atoms with Crippen LogP contribution in [0.15, 0.2) is 24.3 Å². The summed E-state index contributed by atoms with van der Waals surface area (Å²) >= 11 is 6.33. The van der Waals surface area contributed by atoms with E-state index >= 15 is 0 Å². The van der Waals surface area contributed by atoms with Crippen molar-refractivity contribution in [2.24, 2.45) is 5.92 Å². The maximum absolute atomic E-state index is 6.33. The zero-order valence-corrected chi connectivity index (χ0v) is 13.7. The predicted octanol–water partition coefficient (Wildman–Crippen LogP) is 3.94. The molecule has 2 nitrogen and oxygen atoms in total. The molecular weight excluding hydrogens is 268 g/mol. The van der Waals surface area contributed by atoms with E-state index in [1.165, 1.54) is 18.4 Å². The number of nitrogens with one attached hydrogen (secondary N) is 1. The fourth-order valence-corrected chi connectivity index (χ4v) is 3.23. The summed E-state index contributed by atoms with van der Waals surface area (Å²) in [5.41, 5.74) is 1.25. The number of hydrogen-bond acceptors (Lipinski definition) is 2. The Labute approximate surface area is 128 Å². The van der Waals surface area contributed by atoms with Gasteiger partial charge in [0.1, 0.15) is 0 Å². The van der Waals surface area contributed by atoms with Crippen LogP contribution in [0.2, 0.25) is 5.02 Å². The third-order valence-electron chi connectivity index (χ3n) is 4.66. The summed E-state index contributed by atoms with van der Waals surface area (Å²) in [7, 11) is 0. The Morgan fingerprint density at radius 2 is 2.10 bits per heavy atom. The maximum Gasteiger partial charge on any atom is 0.0451 e. The highest BCUT2D eigenvalue weighted by atomic mass is 35.5. The van der Waals surface area contributed by atoms with Crippen molar-refractivity contribution in [3.63, 3.8) is 0 Å². The SMILES string of the molecule is CCC1CN(Cc2ccccc2Cl)C(C(C)CC)CN1. The first kappa shape index (κ1) is 15.8. The van der Waals surface area contributed by atoms with Crippen LogP contribution in [0, 0.1) is 5.92 Å². The Morgan fingerprint density at radius 3 is 2.75 bits per heavy atom. The highest BCUT2D eigenvalue weighted by molar-refractivity contribution is 6.31. The third kappa shape index (κ3) is 3.75. The largest absolute Gasteiger partial charge is 0.311 e. The van der Waals surface area contributed by atoms with Crippen molar-refractivity contribution in [2.45, 2.75) is 52.2 Å². The molecule has 0 amide bonds. The lowest BCUT2D eigenvalue weighted by Gasteiger charge is -2.43. The highest BCUT2D eigenvalue weighted by Crippen LogP contribution is 2.24. The molecule has 0 aromatic heterocycles. The average molecular weight is 295 g/mol. The number of rotatable bonds is 5. The summed E-state index contributed by atoms with van der Waals surface area (Å²) in [6.45, 7) is 10.1. The van der Waals surface area contributed by atoms with Gasteiger partial charge in [-0.05, 0) is 24.0 Å². The van der Waals surface area contributed by atoms with E-state index in [-0.39, 0.29) is 0 Å². The number of hydrogen-bond donors (Lipinski definition) is 1. The average Bonchev–Trinajstić information content (AvgIpc) is 2.48. The van der Waals surface area contributed by atoms with Crippen LogP contribution in [0.4, 0.5) is 0 Å². The van der Waals surface area contributed by atoms with E-state index in [9.17, 15) is 0 Å². The molecule has 0 saturated carbocycles. The van der Waals surface area contributed by atoms with E-state index in [4.69, 9.17) is 11.6 Å². The fraction of sp³-hybridized carbons (Fsp3) is 0.647. The maximum atomic E-state index is 6.33. The molecule has 1 N–H and O–H groups in total. The molecule has 0 bridgehead atoms. The molecule has 1 aliphatic rings. The lowest BCUT2D eigenvalue weighted by molar-refractivity contribution is 0.0833. The molecule has 0 spiro atoms. The zero-order chi connectivity index (χ0) is 14.5. The minimum absolute atomic E-state index is 0.609. The van der Waals surface area contributed by atoms with E-state index in [2.05, 4.69) is 43.1 Å². The van der Waals surface area contributed by atoms with Gasteiger partial charge in [-0.3, -0.25) is 4.90 Å². The van der Waals surface area contributed by atoms with Crippen molar-refractivity contribution in [3.05, 3.63) is 34.9 Å². The second-order valence-electron chi connectivity index (χ2n) is 5.99. The Bertz CT molecular complexity index is 421. The Kier molecular flexibility index (Phi) is 5.88. The van der Waals surface area contributed by atoms with Gasteiger partial charge in [-0.15, -0.1) is 0 Å². The molecule has 0 aliphatic carbocycles. The molecule has 1 aromatic carbocycles. The molecule has 1 saturated heterocycles. The standard InChI is InChI=1S/C17H27ClN2/c1-4-13(3)17-10-19-15(5-2)12-20(17)11-14-8-6-7-9-16(14)18/h6-9,13,15,17,19H,4-5,10-12H2,1-3H3. The van der Waals surface area contributed by atoms with E-state index in [0.29, 0.717) is 18.0 Å². The number of nitrogens with zero attached hydrogens (tertiary/aromatic N) is 1. The molecule has 1 aliphatic heterocycles. The summed E-state index contributed by atoms with van der Waals surface area (Å²) in [5, 5.41) is 4.58. The Hall–Kier alpha value is -0.570. The molecule has 1 heterocycles. The van der Waals surface area contributed by atoms with E-state index < -0.39 is 0 Å². The summed E-state index contributed by atoms with van der Waals surface area (Å²) < 4.78 is 0. The van der Waals surface area contributed by atoms with Crippen LogP contribution in [-0.4, -0.2) is 30.1 Å². The molecule has 1 fully saturated rings. The van der Waals surface area contributed by atoms with Crippen LogP contribution >= 0.6 is 11.6 Å². The van der Waals surface area contributed by atoms with Gasteiger partial charge in [-0.1, -0.05) is 57.0 Å². The van der Waals surface area contributed by atoms with Gasteiger partial charge in [0.05, 0.1) is 0 Å². The first-order valence-electron chi connectivity index (χ1n) is 7.86. The van der Waals surface area contributed by atoms with Gasteiger partial charge in [0.15, 0.2) is 0 Å². The molecule has 1 aromatic rings. The third-order valence-corrected chi connectivity index (χ3v) is 5.03. The molecular formula is C17H27ClN2. The molecule has 3 atom stereocenters. The van der Waals surface area contributed by atoms with Gasteiger partial charge in [-0.2, -0.15) is 0 Å². The second-order valence-corrected chi connectivity index (χ2v) is 6.39. The van der Waals surface area contributed by atoms with Gasteiger partial charge in [0.25, 0.3) is 0 Å². The van der Waals surface area contributed by atoms with Crippen LogP contribution in [-0.2, 0) is 6.54 Å². The van der Waals surface area contributed by atoms with E-state index in [1.54, 1.807) is 0 Å². The first-order chi connectivity index (χ1) is 9.65. The van der Waals surface area contributed by atoms with Crippen LogP contribution < -0.4 is 5.32 Å². The molecule has 3 heteroatoms. The summed E-state index contributed by atoms with van der Waals surface area (Å²) in [6.07, 6.45) is 2.41. The summed E-state index contributed by atoms with van der Waals surface area (Å²) in [6, 6.07) is 9.45. The van der Waals surface area contributed by atoms with Crippen LogP contribution in [0.3, 0.4) is 0 Å². The van der Waals surface area contributed by atoms with Gasteiger partial charge < -0.3 is 5.32 Å². The molecule has 0 radical (unpaired) electrons. The van der Waals surface area contributed by atoms with Crippen LogP contribution in [0.5, 0.6) is 0 Å². The van der Waals surface area contributed by atoms with Crippen LogP contribution in [0.1, 0.15) is 39.2 Å². The predicted molar refractivity (Wildman–Crippen MR) is 87.2 cm³/mol. The van der Waals surface area contributed by atoms with Gasteiger partial charge in [0, 0.05) is 36.7 Å². The summed E-state index contributed by atoms with van der Waals surface area (Å²) in [5.74, 6) is 0.711. The van der Waals surface area contributed by atoms with Crippen molar-refractivity contribution in [2.75, 3.05) is 13.1 Å². The second kappa shape index (κ2) is 7.44. The van der Waals surface area contributed by atoms with Gasteiger partial charge in [-0.25, -0.2) is 0 Å². The summed E-state index contributed by atoms with van der Waals surface area (Å²) in [4.78, 5) is 2.63. The van der Waals surface area contributed by atoms with Crippen molar-refractivity contribution in [1.82, 2.24) is 10.2 Å². The Balaban J connectivity index is 2.12. The molecule has 3 unspecified atom stereocenters. The molecule has 20 heavy (non-hydrogen) atoms. The zero-order valence-electron chi connectivity index (χ0n) is 12.9. The monoisotopic (exact) mass is 294 g/mol. The Morgan fingerprint density at radius 1 is 1.35 bits per heavy atom. The topological polar surface area (TPSA) is 15.3 Å². The van der Waals surface area contributed by atoms with Crippen molar-refractivity contribution in [1.29, 1.82) is 0 Å². The lowest BCUT2D eigenvalue weighted by atomic mass is 9.93. The fourth-order valence-electron chi connectivity index (χ4n) is 3.03. The minimum Gasteiger partial charge on any atom is -0.311 e. The molecule has 112 valence electrons. The molecule has 2 rings (SSSR count). The van der Waals surface area contributed by atoms with Crippen LogP contribution in [0.25, 0.3) is 0 Å². The van der Waals surface area contributed by atoms with E-state index in [1.807, 2.05) is 12.1 Å². The van der Waals surface area contributed by atoms with Gasteiger partial charge >= 0.3 is 0 Å². The quantitative estimate of drug-likeness (QED) is 0.885. The van der Waals surface area contributed by atoms with Crippen molar-refractivity contribution < 1.29 is 0 Å². The van der Waals surface area contributed by atoms with Crippen molar-refractivity contribution in [3.8, 4) is 0 Å². The number of benzene rings is 1. The minimum atomic E-state index is 0.609. The van der Waals surface area contributed by atoms with E-state index in [0.717, 1.165) is 24.7 Å². The smallest absolute Gasteiger partial charge is 0.0451 e.